The number of nitrogens with zero attached hydrogens (tertiary/aromatic N) is 1. The molecule has 20 heavy (non-hydrogen) atoms. The van der Waals surface area contributed by atoms with Crippen molar-refractivity contribution in [1.82, 2.24) is 4.98 Å². The Kier molecular flexibility index (Phi) is 4.76. The minimum absolute atomic E-state index is 0.0666. The molecule has 0 spiro atoms. The molecule has 0 saturated heterocycles. The van der Waals surface area contributed by atoms with Crippen LogP contribution < -0.4 is 10.5 Å². The van der Waals surface area contributed by atoms with Crippen LogP contribution >= 0.6 is 43.2 Å². The van der Waals surface area contributed by atoms with Crippen LogP contribution in [-0.2, 0) is 12.0 Å². The highest BCUT2D eigenvalue weighted by molar-refractivity contribution is 9.11. The first-order valence-electron chi connectivity index (χ1n) is 6.09. The average molecular weight is 420 g/mol. The minimum Gasteiger partial charge on any atom is -0.484 e. The number of benzene rings is 1. The molecule has 1 aromatic heterocycles. The molecule has 0 radical (unpaired) electrons. The van der Waals surface area contributed by atoms with Gasteiger partial charge in [-0.25, -0.2) is 4.98 Å². The number of anilines is 1. The van der Waals surface area contributed by atoms with E-state index in [4.69, 9.17) is 10.5 Å². The molecular weight excluding hydrogens is 404 g/mol. The van der Waals surface area contributed by atoms with E-state index < -0.39 is 0 Å². The van der Waals surface area contributed by atoms with Crippen molar-refractivity contribution >= 4 is 48.9 Å². The molecule has 0 unspecified atom stereocenters. The number of thiazole rings is 1. The smallest absolute Gasteiger partial charge is 0.148 e. The molecule has 0 bridgehead atoms. The zero-order valence-corrected chi connectivity index (χ0v) is 15.5. The van der Waals surface area contributed by atoms with Gasteiger partial charge in [0.1, 0.15) is 17.4 Å². The Morgan fingerprint density at radius 1 is 1.25 bits per heavy atom. The zero-order chi connectivity index (χ0) is 14.9. The molecule has 0 aliphatic rings. The predicted octanol–water partition coefficient (Wildman–Crippen LogP) is 5.13. The van der Waals surface area contributed by atoms with Crippen LogP contribution in [0, 0.1) is 0 Å². The third-order valence-corrected chi connectivity index (χ3v) is 4.68. The van der Waals surface area contributed by atoms with Crippen molar-refractivity contribution in [2.75, 3.05) is 5.73 Å². The molecule has 1 aromatic carbocycles. The summed E-state index contributed by atoms with van der Waals surface area (Å²) in [5.74, 6) is 0.742. The Bertz CT molecular complexity index is 597. The van der Waals surface area contributed by atoms with Gasteiger partial charge >= 0.3 is 0 Å². The molecule has 6 heteroatoms. The molecule has 0 saturated carbocycles. The normalized spacial score (nSPS) is 11.7. The quantitative estimate of drug-likeness (QED) is 0.701. The summed E-state index contributed by atoms with van der Waals surface area (Å²) < 4.78 is 7.49. The van der Waals surface area contributed by atoms with Crippen LogP contribution in [0.1, 0.15) is 31.5 Å². The number of hydrogen-bond acceptors (Lipinski definition) is 4. The van der Waals surface area contributed by atoms with Crippen LogP contribution in [0.4, 0.5) is 5.69 Å². The highest BCUT2D eigenvalue weighted by atomic mass is 79.9. The summed E-state index contributed by atoms with van der Waals surface area (Å²) in [6, 6.07) is 3.64. The molecular formula is C14H16Br2N2OS. The molecule has 0 atom stereocenters. The predicted molar refractivity (Wildman–Crippen MR) is 91.4 cm³/mol. The summed E-state index contributed by atoms with van der Waals surface area (Å²) in [4.78, 5) is 4.61. The van der Waals surface area contributed by atoms with Crippen molar-refractivity contribution in [3.63, 3.8) is 0 Å². The highest BCUT2D eigenvalue weighted by Gasteiger charge is 2.18. The maximum Gasteiger partial charge on any atom is 0.148 e. The van der Waals surface area contributed by atoms with Crippen LogP contribution in [-0.4, -0.2) is 4.98 Å². The summed E-state index contributed by atoms with van der Waals surface area (Å²) >= 11 is 8.53. The van der Waals surface area contributed by atoms with E-state index in [1.54, 1.807) is 11.3 Å². The van der Waals surface area contributed by atoms with Crippen LogP contribution in [0.15, 0.2) is 26.5 Å². The third-order valence-electron chi connectivity index (χ3n) is 2.68. The van der Waals surface area contributed by atoms with Crippen LogP contribution in [0.3, 0.4) is 0 Å². The van der Waals surface area contributed by atoms with Crippen LogP contribution in [0.5, 0.6) is 5.75 Å². The summed E-state index contributed by atoms with van der Waals surface area (Å²) in [6.07, 6.45) is 0. The number of halogens is 2. The van der Waals surface area contributed by atoms with Gasteiger partial charge in [0.2, 0.25) is 0 Å². The van der Waals surface area contributed by atoms with Gasteiger partial charge in [0, 0.05) is 16.5 Å². The summed E-state index contributed by atoms with van der Waals surface area (Å²) in [6.45, 7) is 6.90. The number of nitrogens with two attached hydrogens (primary N) is 1. The number of aromatic nitrogens is 1. The average Bonchev–Trinajstić information content (AvgIpc) is 2.75. The topological polar surface area (TPSA) is 48.1 Å². The maximum atomic E-state index is 5.83. The lowest BCUT2D eigenvalue weighted by atomic mass is 9.93. The molecule has 2 N–H and O–H groups in total. The fraction of sp³-hybridized carbons (Fsp3) is 0.357. The lowest BCUT2D eigenvalue weighted by molar-refractivity contribution is 0.301. The van der Waals surface area contributed by atoms with Gasteiger partial charge in [-0.3, -0.25) is 0 Å². The monoisotopic (exact) mass is 418 g/mol. The van der Waals surface area contributed by atoms with Gasteiger partial charge in [-0.1, -0.05) is 20.8 Å². The van der Waals surface area contributed by atoms with Gasteiger partial charge in [0.05, 0.1) is 14.6 Å². The van der Waals surface area contributed by atoms with Crippen LogP contribution in [0.25, 0.3) is 0 Å². The number of hydrogen-bond donors (Lipinski definition) is 1. The maximum absolute atomic E-state index is 5.83. The van der Waals surface area contributed by atoms with Crippen molar-refractivity contribution in [3.05, 3.63) is 37.2 Å². The first-order chi connectivity index (χ1) is 9.27. The van der Waals surface area contributed by atoms with Crippen molar-refractivity contribution in [2.45, 2.75) is 32.8 Å². The standard InChI is InChI=1S/C14H16Br2N2OS/c1-14(2,3)11-7-20-12(18-11)6-19-13-9(15)4-8(17)5-10(13)16/h4-5,7H,6,17H2,1-3H3. The fourth-order valence-electron chi connectivity index (χ4n) is 1.57. The van der Waals surface area contributed by atoms with Crippen LogP contribution in [0.2, 0.25) is 0 Å². The van der Waals surface area contributed by atoms with Crippen molar-refractivity contribution in [2.24, 2.45) is 0 Å². The second-order valence-electron chi connectivity index (χ2n) is 5.48. The SMILES string of the molecule is CC(C)(C)c1csc(COc2c(Br)cc(N)cc2Br)n1. The highest BCUT2D eigenvalue weighted by Crippen LogP contribution is 2.36. The molecule has 0 amide bonds. The van der Waals surface area contributed by atoms with Gasteiger partial charge in [-0.2, -0.15) is 0 Å². The summed E-state index contributed by atoms with van der Waals surface area (Å²) in [5.41, 5.74) is 7.60. The first-order valence-corrected chi connectivity index (χ1v) is 8.56. The van der Waals surface area contributed by atoms with E-state index in [9.17, 15) is 0 Å². The van der Waals surface area contributed by atoms with Gasteiger partial charge in [0.15, 0.2) is 0 Å². The summed E-state index contributed by atoms with van der Waals surface area (Å²) in [5, 5.41) is 3.05. The molecule has 0 aliphatic carbocycles. The molecule has 1 heterocycles. The molecule has 3 nitrogen and oxygen atoms in total. The largest absolute Gasteiger partial charge is 0.484 e. The lowest BCUT2D eigenvalue weighted by Crippen LogP contribution is -2.11. The van der Waals surface area contributed by atoms with E-state index in [-0.39, 0.29) is 5.41 Å². The van der Waals surface area contributed by atoms with Crippen molar-refractivity contribution in [3.8, 4) is 5.75 Å². The second-order valence-corrected chi connectivity index (χ2v) is 8.13. The molecule has 108 valence electrons. The Labute approximate surface area is 139 Å². The van der Waals surface area contributed by atoms with Gasteiger partial charge in [-0.05, 0) is 44.0 Å². The van der Waals surface area contributed by atoms with Crippen molar-refractivity contribution in [1.29, 1.82) is 0 Å². The van der Waals surface area contributed by atoms with E-state index in [1.807, 2.05) is 12.1 Å². The van der Waals surface area contributed by atoms with E-state index in [1.165, 1.54) is 0 Å². The first kappa shape index (κ1) is 15.8. The fourth-order valence-corrected chi connectivity index (χ4v) is 3.96. The van der Waals surface area contributed by atoms with E-state index >= 15 is 0 Å². The number of rotatable bonds is 3. The Hall–Kier alpha value is -0.590. The van der Waals surface area contributed by atoms with Gasteiger partial charge in [-0.15, -0.1) is 11.3 Å². The molecule has 0 fully saturated rings. The third kappa shape index (κ3) is 3.74. The Morgan fingerprint density at radius 3 is 2.35 bits per heavy atom. The van der Waals surface area contributed by atoms with E-state index in [2.05, 4.69) is 63.0 Å². The number of ether oxygens (including phenoxy) is 1. The molecule has 0 aliphatic heterocycles. The molecule has 2 rings (SSSR count). The van der Waals surface area contributed by atoms with E-state index in [0.717, 1.165) is 25.4 Å². The lowest BCUT2D eigenvalue weighted by Gasteiger charge is -2.14. The van der Waals surface area contributed by atoms with Crippen molar-refractivity contribution < 1.29 is 4.74 Å². The van der Waals surface area contributed by atoms with Gasteiger partial charge in [0.25, 0.3) is 0 Å². The second kappa shape index (κ2) is 6.03. The Morgan fingerprint density at radius 2 is 1.85 bits per heavy atom. The molecule has 2 aromatic rings. The Balaban J connectivity index is 2.12. The number of nitrogen functional groups attached to an aromatic ring is 1. The zero-order valence-electron chi connectivity index (χ0n) is 11.5. The minimum atomic E-state index is 0.0666. The van der Waals surface area contributed by atoms with E-state index in [0.29, 0.717) is 12.3 Å². The summed E-state index contributed by atoms with van der Waals surface area (Å²) in [7, 11) is 0. The van der Waals surface area contributed by atoms with Gasteiger partial charge < -0.3 is 10.5 Å².